The fourth-order valence-corrected chi connectivity index (χ4v) is 4.19. The maximum atomic E-state index is 12.6. The number of carbonyl (C=O) groups excluding carboxylic acids is 2. The molecule has 0 atom stereocenters. The van der Waals surface area contributed by atoms with Gasteiger partial charge in [0.25, 0.3) is 11.8 Å². The maximum absolute atomic E-state index is 12.6. The number of hydrogen-bond donors (Lipinski definition) is 2. The molecule has 0 bridgehead atoms. The van der Waals surface area contributed by atoms with Gasteiger partial charge in [-0.2, -0.15) is 0 Å². The third-order valence-corrected chi connectivity index (χ3v) is 5.77. The summed E-state index contributed by atoms with van der Waals surface area (Å²) in [5.74, 6) is -0.109. The zero-order chi connectivity index (χ0) is 18.2. The van der Waals surface area contributed by atoms with Gasteiger partial charge in [-0.25, -0.2) is 0 Å². The van der Waals surface area contributed by atoms with Gasteiger partial charge < -0.3 is 10.6 Å². The second kappa shape index (κ2) is 9.75. The van der Waals surface area contributed by atoms with E-state index in [1.54, 1.807) is 18.2 Å². The molecule has 4 nitrogen and oxygen atoms in total. The van der Waals surface area contributed by atoms with E-state index in [4.69, 9.17) is 0 Å². The highest BCUT2D eigenvalue weighted by Gasteiger charge is 2.18. The van der Waals surface area contributed by atoms with E-state index in [1.165, 1.54) is 51.4 Å². The molecule has 2 aliphatic carbocycles. The highest BCUT2D eigenvalue weighted by Crippen LogP contribution is 2.19. The van der Waals surface area contributed by atoms with Gasteiger partial charge in [0, 0.05) is 23.2 Å². The van der Waals surface area contributed by atoms with Crippen LogP contribution in [0.15, 0.2) is 24.3 Å². The molecule has 0 spiro atoms. The molecule has 4 heteroatoms. The summed E-state index contributed by atoms with van der Waals surface area (Å²) in [6.07, 6.45) is 14.1. The van der Waals surface area contributed by atoms with Crippen molar-refractivity contribution < 1.29 is 9.59 Å². The van der Waals surface area contributed by atoms with Gasteiger partial charge in [0.15, 0.2) is 0 Å². The molecule has 3 rings (SSSR count). The average Bonchev–Trinajstić information content (AvgIpc) is 3.07. The molecule has 2 aliphatic rings. The Morgan fingerprint density at radius 2 is 1.04 bits per heavy atom. The van der Waals surface area contributed by atoms with E-state index in [1.807, 2.05) is 6.07 Å². The van der Waals surface area contributed by atoms with Crippen molar-refractivity contribution in [3.8, 4) is 0 Å². The Bertz CT molecular complexity index is 549. The van der Waals surface area contributed by atoms with Crippen LogP contribution in [0.25, 0.3) is 0 Å². The zero-order valence-corrected chi connectivity index (χ0v) is 15.8. The fourth-order valence-electron chi connectivity index (χ4n) is 4.19. The van der Waals surface area contributed by atoms with Crippen LogP contribution in [-0.4, -0.2) is 23.9 Å². The van der Waals surface area contributed by atoms with Crippen molar-refractivity contribution in [2.45, 2.75) is 89.1 Å². The number of rotatable bonds is 4. The predicted molar refractivity (Wildman–Crippen MR) is 104 cm³/mol. The fraction of sp³-hybridized carbons (Fsp3) is 0.636. The van der Waals surface area contributed by atoms with E-state index in [9.17, 15) is 9.59 Å². The van der Waals surface area contributed by atoms with Gasteiger partial charge in [-0.1, -0.05) is 57.4 Å². The van der Waals surface area contributed by atoms with Crippen LogP contribution in [0.1, 0.15) is 97.8 Å². The zero-order valence-electron chi connectivity index (χ0n) is 15.8. The van der Waals surface area contributed by atoms with Crippen molar-refractivity contribution in [1.82, 2.24) is 10.6 Å². The first-order valence-electron chi connectivity index (χ1n) is 10.4. The molecule has 0 saturated heterocycles. The Labute approximate surface area is 157 Å². The van der Waals surface area contributed by atoms with E-state index in [0.29, 0.717) is 11.1 Å². The van der Waals surface area contributed by atoms with E-state index < -0.39 is 0 Å². The van der Waals surface area contributed by atoms with E-state index in [0.717, 1.165) is 25.7 Å². The Kier molecular flexibility index (Phi) is 7.10. The summed E-state index contributed by atoms with van der Waals surface area (Å²) >= 11 is 0. The molecule has 0 aromatic heterocycles. The standard InChI is InChI=1S/C22H32N2O2/c25-21(23-19-12-5-1-2-6-13-19)17-10-9-11-18(16-17)22(26)24-20-14-7-3-4-8-15-20/h9-11,16,19-20H,1-8,12-15H2,(H,23,25)(H,24,26). The highest BCUT2D eigenvalue weighted by atomic mass is 16.2. The van der Waals surface area contributed by atoms with E-state index in [-0.39, 0.29) is 23.9 Å². The number of hydrogen-bond acceptors (Lipinski definition) is 2. The molecule has 0 radical (unpaired) electrons. The van der Waals surface area contributed by atoms with Gasteiger partial charge in [0.1, 0.15) is 0 Å². The van der Waals surface area contributed by atoms with Crippen LogP contribution >= 0.6 is 0 Å². The minimum atomic E-state index is -0.0546. The van der Waals surface area contributed by atoms with Gasteiger partial charge in [-0.3, -0.25) is 9.59 Å². The summed E-state index contributed by atoms with van der Waals surface area (Å²) in [4.78, 5) is 25.2. The average molecular weight is 357 g/mol. The summed E-state index contributed by atoms with van der Waals surface area (Å²) in [5.41, 5.74) is 1.17. The van der Waals surface area contributed by atoms with Crippen LogP contribution in [0.3, 0.4) is 0 Å². The maximum Gasteiger partial charge on any atom is 0.251 e. The lowest BCUT2D eigenvalue weighted by atomic mass is 10.1. The Morgan fingerprint density at radius 3 is 1.42 bits per heavy atom. The van der Waals surface area contributed by atoms with Crippen LogP contribution in [0.2, 0.25) is 0 Å². The number of nitrogens with one attached hydrogen (secondary N) is 2. The third-order valence-electron chi connectivity index (χ3n) is 5.77. The first kappa shape index (κ1) is 18.9. The van der Waals surface area contributed by atoms with E-state index >= 15 is 0 Å². The minimum Gasteiger partial charge on any atom is -0.349 e. The molecule has 0 unspecified atom stereocenters. The molecule has 2 amide bonds. The highest BCUT2D eigenvalue weighted by molar-refractivity contribution is 5.99. The third kappa shape index (κ3) is 5.58. The molecular formula is C22H32N2O2. The van der Waals surface area contributed by atoms with Gasteiger partial charge in [-0.15, -0.1) is 0 Å². The molecule has 2 N–H and O–H groups in total. The summed E-state index contributed by atoms with van der Waals surface area (Å²) in [7, 11) is 0. The molecule has 1 aromatic rings. The quantitative estimate of drug-likeness (QED) is 0.775. The lowest BCUT2D eigenvalue weighted by Crippen LogP contribution is -2.35. The summed E-state index contributed by atoms with van der Waals surface area (Å²) in [6, 6.07) is 7.69. The predicted octanol–water partition coefficient (Wildman–Crippen LogP) is 4.59. The topological polar surface area (TPSA) is 58.2 Å². The van der Waals surface area contributed by atoms with Crippen molar-refractivity contribution in [1.29, 1.82) is 0 Å². The van der Waals surface area contributed by atoms with Crippen molar-refractivity contribution in [3.05, 3.63) is 35.4 Å². The first-order valence-corrected chi connectivity index (χ1v) is 10.4. The molecule has 2 saturated carbocycles. The minimum absolute atomic E-state index is 0.0546. The van der Waals surface area contributed by atoms with Crippen LogP contribution in [-0.2, 0) is 0 Å². The SMILES string of the molecule is O=C(NC1CCCCCC1)c1cccc(C(=O)NC2CCCCCC2)c1. The lowest BCUT2D eigenvalue weighted by molar-refractivity contribution is 0.0932. The Balaban J connectivity index is 1.59. The molecule has 2 fully saturated rings. The number of benzene rings is 1. The smallest absolute Gasteiger partial charge is 0.251 e. The van der Waals surface area contributed by atoms with Crippen molar-refractivity contribution >= 4 is 11.8 Å². The monoisotopic (exact) mass is 356 g/mol. The van der Waals surface area contributed by atoms with Gasteiger partial charge in [0.05, 0.1) is 0 Å². The van der Waals surface area contributed by atoms with Gasteiger partial charge in [-0.05, 0) is 43.9 Å². The van der Waals surface area contributed by atoms with Gasteiger partial charge in [0.2, 0.25) is 0 Å². The summed E-state index contributed by atoms with van der Waals surface area (Å²) < 4.78 is 0. The first-order chi connectivity index (χ1) is 12.7. The number of amides is 2. The van der Waals surface area contributed by atoms with Crippen molar-refractivity contribution in [3.63, 3.8) is 0 Å². The molecule has 1 aromatic carbocycles. The largest absolute Gasteiger partial charge is 0.349 e. The van der Waals surface area contributed by atoms with Gasteiger partial charge >= 0.3 is 0 Å². The van der Waals surface area contributed by atoms with Crippen molar-refractivity contribution in [2.75, 3.05) is 0 Å². The normalized spacial score (nSPS) is 20.0. The molecule has 142 valence electrons. The summed E-state index contributed by atoms with van der Waals surface area (Å²) in [6.45, 7) is 0. The molecule has 26 heavy (non-hydrogen) atoms. The van der Waals surface area contributed by atoms with Crippen LogP contribution in [0.4, 0.5) is 0 Å². The van der Waals surface area contributed by atoms with E-state index in [2.05, 4.69) is 10.6 Å². The second-order valence-corrected chi connectivity index (χ2v) is 7.90. The Morgan fingerprint density at radius 1 is 0.654 bits per heavy atom. The molecule has 0 heterocycles. The molecule has 0 aliphatic heterocycles. The molecular weight excluding hydrogens is 324 g/mol. The van der Waals surface area contributed by atoms with Crippen molar-refractivity contribution in [2.24, 2.45) is 0 Å². The van der Waals surface area contributed by atoms with Crippen LogP contribution < -0.4 is 10.6 Å². The number of carbonyl (C=O) groups is 2. The van der Waals surface area contributed by atoms with Crippen LogP contribution in [0, 0.1) is 0 Å². The lowest BCUT2D eigenvalue weighted by Gasteiger charge is -2.18. The second-order valence-electron chi connectivity index (χ2n) is 7.90. The Hall–Kier alpha value is -1.84. The summed E-state index contributed by atoms with van der Waals surface area (Å²) in [5, 5.41) is 6.32. The van der Waals surface area contributed by atoms with Crippen LogP contribution in [0.5, 0.6) is 0 Å².